The lowest BCUT2D eigenvalue weighted by Gasteiger charge is -2.37. The van der Waals surface area contributed by atoms with Crippen LogP contribution < -0.4 is 10.9 Å². The Morgan fingerprint density at radius 2 is 1.90 bits per heavy atom. The number of nitrogens with one attached hydrogen (secondary N) is 2. The number of amides is 2. The van der Waals surface area contributed by atoms with E-state index in [1.165, 1.54) is 6.92 Å². The van der Waals surface area contributed by atoms with Crippen LogP contribution in [0, 0.1) is 5.92 Å². The SMILES string of the molecule is CC(C)C(=O)NNC(=O)C1CC(C)(S(=O)(=O)c2cccc(C(F)(F)F)c2)CCO1. The van der Waals surface area contributed by atoms with Crippen LogP contribution in [0.1, 0.15) is 39.2 Å². The lowest BCUT2D eigenvalue weighted by atomic mass is 9.96. The molecule has 1 aliphatic heterocycles. The summed E-state index contributed by atoms with van der Waals surface area (Å²) in [6.45, 7) is 4.54. The number of carbonyl (C=O) groups excluding carboxylic acids is 2. The molecule has 0 aromatic heterocycles. The standard InChI is InChI=1S/C18H23F3N2O5S/c1-11(2)15(24)22-23-16(25)14-10-17(3,7-8-28-14)29(26,27)13-6-4-5-12(9-13)18(19,20)21/h4-6,9,11,14H,7-8,10H2,1-3H3,(H,22,24)(H,23,25). The van der Waals surface area contributed by atoms with Crippen LogP contribution in [0.15, 0.2) is 29.2 Å². The summed E-state index contributed by atoms with van der Waals surface area (Å²) in [5, 5.41) is 0. The monoisotopic (exact) mass is 436 g/mol. The zero-order valence-electron chi connectivity index (χ0n) is 16.2. The van der Waals surface area contributed by atoms with Crippen LogP contribution >= 0.6 is 0 Å². The van der Waals surface area contributed by atoms with Crippen molar-refractivity contribution in [2.24, 2.45) is 5.92 Å². The van der Waals surface area contributed by atoms with Crippen LogP contribution in [0.2, 0.25) is 0 Å². The van der Waals surface area contributed by atoms with E-state index in [1.54, 1.807) is 13.8 Å². The number of alkyl halides is 3. The molecule has 1 fully saturated rings. The van der Waals surface area contributed by atoms with Crippen LogP contribution in [-0.2, 0) is 30.3 Å². The fourth-order valence-electron chi connectivity index (χ4n) is 2.85. The Balaban J connectivity index is 2.22. The first-order valence-electron chi connectivity index (χ1n) is 8.91. The van der Waals surface area contributed by atoms with E-state index in [0.29, 0.717) is 6.07 Å². The molecule has 7 nitrogen and oxygen atoms in total. The minimum Gasteiger partial charge on any atom is -0.368 e. The number of carbonyl (C=O) groups is 2. The van der Waals surface area contributed by atoms with E-state index in [0.717, 1.165) is 18.2 Å². The van der Waals surface area contributed by atoms with Gasteiger partial charge < -0.3 is 4.74 Å². The van der Waals surface area contributed by atoms with Gasteiger partial charge >= 0.3 is 6.18 Å². The lowest BCUT2D eigenvalue weighted by molar-refractivity contribution is -0.140. The molecule has 0 aliphatic carbocycles. The van der Waals surface area contributed by atoms with Gasteiger partial charge in [0, 0.05) is 18.9 Å². The normalized spacial score (nSPS) is 22.9. The number of halogens is 3. The summed E-state index contributed by atoms with van der Waals surface area (Å²) in [5.74, 6) is -1.55. The second-order valence-electron chi connectivity index (χ2n) is 7.43. The number of rotatable bonds is 4. The number of hydrogen-bond donors (Lipinski definition) is 2. The van der Waals surface area contributed by atoms with Crippen molar-refractivity contribution in [2.45, 2.75) is 55.5 Å². The highest BCUT2D eigenvalue weighted by Crippen LogP contribution is 2.38. The van der Waals surface area contributed by atoms with E-state index in [2.05, 4.69) is 10.9 Å². The molecule has 29 heavy (non-hydrogen) atoms. The average Bonchev–Trinajstić information content (AvgIpc) is 2.65. The first kappa shape index (κ1) is 23.1. The summed E-state index contributed by atoms with van der Waals surface area (Å²) < 4.78 is 68.9. The van der Waals surface area contributed by atoms with Crippen LogP contribution in [0.3, 0.4) is 0 Å². The summed E-state index contributed by atoms with van der Waals surface area (Å²) in [6, 6.07) is 3.51. The van der Waals surface area contributed by atoms with E-state index in [9.17, 15) is 31.2 Å². The Labute approximate surface area is 166 Å². The van der Waals surface area contributed by atoms with Crippen LogP contribution in [-0.4, -0.2) is 37.7 Å². The Morgan fingerprint density at radius 1 is 1.24 bits per heavy atom. The molecule has 2 unspecified atom stereocenters. The minimum absolute atomic E-state index is 0.00765. The average molecular weight is 436 g/mol. The lowest BCUT2D eigenvalue weighted by Crippen LogP contribution is -2.53. The first-order chi connectivity index (χ1) is 13.3. The van der Waals surface area contributed by atoms with E-state index in [1.807, 2.05) is 0 Å². The Hall–Kier alpha value is -2.14. The third-order valence-electron chi connectivity index (χ3n) is 4.81. The van der Waals surface area contributed by atoms with Gasteiger partial charge in [0.2, 0.25) is 5.91 Å². The number of benzene rings is 1. The number of sulfone groups is 1. The van der Waals surface area contributed by atoms with Crippen molar-refractivity contribution >= 4 is 21.7 Å². The van der Waals surface area contributed by atoms with Crippen LogP contribution in [0.25, 0.3) is 0 Å². The predicted molar refractivity (Wildman–Crippen MR) is 97.1 cm³/mol. The maximum absolute atomic E-state index is 13.1. The molecule has 1 aromatic carbocycles. The van der Waals surface area contributed by atoms with Crippen molar-refractivity contribution in [1.82, 2.24) is 10.9 Å². The van der Waals surface area contributed by atoms with Gasteiger partial charge in [-0.3, -0.25) is 20.4 Å². The second kappa shape index (κ2) is 8.31. The second-order valence-corrected chi connectivity index (χ2v) is 9.89. The van der Waals surface area contributed by atoms with Crippen molar-refractivity contribution in [3.05, 3.63) is 29.8 Å². The fourth-order valence-corrected chi connectivity index (χ4v) is 4.69. The molecular weight excluding hydrogens is 413 g/mol. The van der Waals surface area contributed by atoms with Crippen LogP contribution in [0.5, 0.6) is 0 Å². The Morgan fingerprint density at radius 3 is 2.48 bits per heavy atom. The molecule has 162 valence electrons. The van der Waals surface area contributed by atoms with Gasteiger partial charge in [-0.15, -0.1) is 0 Å². The zero-order chi connectivity index (χ0) is 22.0. The zero-order valence-corrected chi connectivity index (χ0v) is 17.0. The van der Waals surface area contributed by atoms with Gasteiger partial charge in [-0.25, -0.2) is 8.42 Å². The van der Waals surface area contributed by atoms with Crippen molar-refractivity contribution < 1.29 is 35.9 Å². The largest absolute Gasteiger partial charge is 0.416 e. The highest BCUT2D eigenvalue weighted by atomic mass is 32.2. The number of hydrazine groups is 1. The minimum atomic E-state index is -4.68. The molecule has 2 atom stereocenters. The third-order valence-corrected chi connectivity index (χ3v) is 7.36. The maximum atomic E-state index is 13.1. The first-order valence-corrected chi connectivity index (χ1v) is 10.4. The maximum Gasteiger partial charge on any atom is 0.416 e. The van der Waals surface area contributed by atoms with Gasteiger partial charge in [0.05, 0.1) is 15.2 Å². The van der Waals surface area contributed by atoms with Crippen molar-refractivity contribution in [3.8, 4) is 0 Å². The van der Waals surface area contributed by atoms with Gasteiger partial charge in [-0.2, -0.15) is 13.2 Å². The number of ether oxygens (including phenoxy) is 1. The van der Waals surface area contributed by atoms with Gasteiger partial charge in [0.15, 0.2) is 9.84 Å². The van der Waals surface area contributed by atoms with Gasteiger partial charge in [-0.05, 0) is 31.5 Å². The topological polar surface area (TPSA) is 102 Å². The molecular formula is C18H23F3N2O5S. The smallest absolute Gasteiger partial charge is 0.368 e. The van der Waals surface area contributed by atoms with E-state index < -0.39 is 49.1 Å². The predicted octanol–water partition coefficient (Wildman–Crippen LogP) is 2.22. The molecule has 2 amide bonds. The van der Waals surface area contributed by atoms with Crippen molar-refractivity contribution in [1.29, 1.82) is 0 Å². The van der Waals surface area contributed by atoms with Crippen molar-refractivity contribution in [3.63, 3.8) is 0 Å². The molecule has 1 saturated heterocycles. The molecule has 0 saturated carbocycles. The molecule has 1 heterocycles. The summed E-state index contributed by atoms with van der Waals surface area (Å²) in [4.78, 5) is 23.4. The molecule has 2 N–H and O–H groups in total. The molecule has 0 bridgehead atoms. The highest BCUT2D eigenvalue weighted by molar-refractivity contribution is 7.92. The molecule has 1 aromatic rings. The summed E-state index contributed by atoms with van der Waals surface area (Å²) in [6.07, 6.45) is -6.12. The van der Waals surface area contributed by atoms with Crippen LogP contribution in [0.4, 0.5) is 13.2 Å². The van der Waals surface area contributed by atoms with Crippen molar-refractivity contribution in [2.75, 3.05) is 6.61 Å². The van der Waals surface area contributed by atoms with E-state index in [-0.39, 0.29) is 25.4 Å². The summed E-state index contributed by atoms with van der Waals surface area (Å²) >= 11 is 0. The van der Waals surface area contributed by atoms with Gasteiger partial charge in [-0.1, -0.05) is 19.9 Å². The molecule has 0 spiro atoms. The highest BCUT2D eigenvalue weighted by Gasteiger charge is 2.47. The quantitative estimate of drug-likeness (QED) is 0.705. The number of hydrogen-bond acceptors (Lipinski definition) is 5. The summed E-state index contributed by atoms with van der Waals surface area (Å²) in [5.41, 5.74) is 3.32. The fraction of sp³-hybridized carbons (Fsp3) is 0.556. The van der Waals surface area contributed by atoms with E-state index >= 15 is 0 Å². The molecule has 11 heteroatoms. The molecule has 0 radical (unpaired) electrons. The summed E-state index contributed by atoms with van der Waals surface area (Å²) in [7, 11) is -4.20. The van der Waals surface area contributed by atoms with E-state index in [4.69, 9.17) is 4.74 Å². The molecule has 2 rings (SSSR count). The Kier molecular flexibility index (Phi) is 6.63. The molecule has 1 aliphatic rings. The van der Waals surface area contributed by atoms with Gasteiger partial charge in [0.25, 0.3) is 5.91 Å². The van der Waals surface area contributed by atoms with Gasteiger partial charge in [0.1, 0.15) is 6.10 Å². The Bertz CT molecular complexity index is 886. The third kappa shape index (κ3) is 5.08.